The normalized spacial score (nSPS) is 10.1. The van der Waals surface area contributed by atoms with Crippen molar-refractivity contribution in [2.24, 2.45) is 0 Å². The van der Waals surface area contributed by atoms with E-state index in [-0.39, 0.29) is 0 Å². The second-order valence-electron chi connectivity index (χ2n) is 4.60. The van der Waals surface area contributed by atoms with Gasteiger partial charge >= 0.3 is 0 Å². The molecule has 0 atom stereocenters. The smallest absolute Gasteiger partial charge is 0.0991 e. The van der Waals surface area contributed by atoms with Crippen LogP contribution in [0.25, 0.3) is 22.4 Å². The zero-order chi connectivity index (χ0) is 14.7. The predicted octanol–water partition coefficient (Wildman–Crippen LogP) is 4.94. The van der Waals surface area contributed by atoms with Gasteiger partial charge in [-0.25, -0.2) is 0 Å². The molecule has 0 radical (unpaired) electrons. The van der Waals surface area contributed by atoms with Gasteiger partial charge in [-0.3, -0.25) is 4.98 Å². The molecule has 0 unspecified atom stereocenters. The highest BCUT2D eigenvalue weighted by atomic mass is 35.5. The maximum Gasteiger partial charge on any atom is 0.0991 e. The number of nitrogens with zero attached hydrogens (tertiary/aromatic N) is 2. The number of hydrogen-bond donors (Lipinski definition) is 0. The molecule has 2 nitrogen and oxygen atoms in total. The lowest BCUT2D eigenvalue weighted by molar-refractivity contribution is 1.32. The third-order valence-corrected chi connectivity index (χ3v) is 3.43. The summed E-state index contributed by atoms with van der Waals surface area (Å²) in [5.74, 6) is 0. The molecule has 0 amide bonds. The first-order valence-electron chi connectivity index (χ1n) is 6.49. The molecule has 0 aliphatic heterocycles. The van der Waals surface area contributed by atoms with Crippen LogP contribution in [-0.2, 0) is 0 Å². The van der Waals surface area contributed by atoms with Crippen LogP contribution in [0.4, 0.5) is 0 Å². The van der Waals surface area contributed by atoms with Gasteiger partial charge in [-0.05, 0) is 23.8 Å². The van der Waals surface area contributed by atoms with Gasteiger partial charge in [0.25, 0.3) is 0 Å². The lowest BCUT2D eigenvalue weighted by atomic mass is 9.99. The van der Waals surface area contributed by atoms with Crippen molar-refractivity contribution in [3.8, 4) is 28.5 Å². The Kier molecular flexibility index (Phi) is 3.68. The summed E-state index contributed by atoms with van der Waals surface area (Å²) in [7, 11) is 0. The minimum Gasteiger partial charge on any atom is -0.254 e. The molecule has 2 aromatic carbocycles. The topological polar surface area (TPSA) is 36.7 Å². The summed E-state index contributed by atoms with van der Waals surface area (Å²) in [6, 6.07) is 21.4. The van der Waals surface area contributed by atoms with Crippen LogP contribution in [0.2, 0.25) is 5.02 Å². The van der Waals surface area contributed by atoms with E-state index in [1.54, 1.807) is 18.3 Å². The molecule has 21 heavy (non-hydrogen) atoms. The van der Waals surface area contributed by atoms with Gasteiger partial charge in [0.15, 0.2) is 0 Å². The van der Waals surface area contributed by atoms with Crippen molar-refractivity contribution < 1.29 is 0 Å². The molecule has 1 aromatic heterocycles. The van der Waals surface area contributed by atoms with Gasteiger partial charge in [0, 0.05) is 17.3 Å². The minimum absolute atomic E-state index is 0.592. The number of rotatable bonds is 2. The Bertz CT molecular complexity index is 803. The summed E-state index contributed by atoms with van der Waals surface area (Å²) in [6.07, 6.45) is 1.65. The standard InChI is InChI=1S/C18H11ClN2/c19-16-10-17(14-8-6-13(11-20)7-9-14)18(21-12-16)15-4-2-1-3-5-15/h1-10,12H. The van der Waals surface area contributed by atoms with Crippen LogP contribution >= 0.6 is 11.6 Å². The maximum atomic E-state index is 8.89. The van der Waals surface area contributed by atoms with Crippen LogP contribution < -0.4 is 0 Å². The lowest BCUT2D eigenvalue weighted by Crippen LogP contribution is -1.89. The fourth-order valence-corrected chi connectivity index (χ4v) is 2.37. The summed E-state index contributed by atoms with van der Waals surface area (Å²) in [5, 5.41) is 9.48. The third kappa shape index (κ3) is 2.79. The van der Waals surface area contributed by atoms with Gasteiger partial charge in [0.05, 0.1) is 22.3 Å². The number of halogens is 1. The minimum atomic E-state index is 0.592. The first kappa shape index (κ1) is 13.4. The van der Waals surface area contributed by atoms with Crippen molar-refractivity contribution in [1.29, 1.82) is 5.26 Å². The Labute approximate surface area is 128 Å². The van der Waals surface area contributed by atoms with E-state index < -0.39 is 0 Å². The fourth-order valence-electron chi connectivity index (χ4n) is 2.21. The molecule has 0 aliphatic rings. The highest BCUT2D eigenvalue weighted by molar-refractivity contribution is 6.30. The van der Waals surface area contributed by atoms with E-state index >= 15 is 0 Å². The monoisotopic (exact) mass is 290 g/mol. The van der Waals surface area contributed by atoms with Crippen molar-refractivity contribution in [2.75, 3.05) is 0 Å². The number of pyridine rings is 1. The van der Waals surface area contributed by atoms with Crippen LogP contribution in [-0.4, -0.2) is 4.98 Å². The van der Waals surface area contributed by atoms with Crippen LogP contribution in [0.5, 0.6) is 0 Å². The molecule has 3 aromatic rings. The molecular formula is C18H11ClN2. The van der Waals surface area contributed by atoms with Crippen molar-refractivity contribution in [3.63, 3.8) is 0 Å². The van der Waals surface area contributed by atoms with E-state index in [0.29, 0.717) is 10.6 Å². The SMILES string of the molecule is N#Cc1ccc(-c2cc(Cl)cnc2-c2ccccc2)cc1. The molecule has 3 heteroatoms. The third-order valence-electron chi connectivity index (χ3n) is 3.23. The van der Waals surface area contributed by atoms with E-state index in [0.717, 1.165) is 22.4 Å². The van der Waals surface area contributed by atoms with Gasteiger partial charge in [-0.15, -0.1) is 0 Å². The Hall–Kier alpha value is -2.63. The number of nitriles is 1. The largest absolute Gasteiger partial charge is 0.254 e. The molecule has 0 fully saturated rings. The Morgan fingerprint density at radius 1 is 0.905 bits per heavy atom. The molecule has 0 spiro atoms. The summed E-state index contributed by atoms with van der Waals surface area (Å²) in [6.45, 7) is 0. The first-order valence-corrected chi connectivity index (χ1v) is 6.87. The average molecular weight is 291 g/mol. The second-order valence-corrected chi connectivity index (χ2v) is 5.04. The molecule has 3 rings (SSSR count). The van der Waals surface area contributed by atoms with Crippen LogP contribution in [0.3, 0.4) is 0 Å². The molecule has 0 saturated heterocycles. The average Bonchev–Trinajstić information content (AvgIpc) is 2.56. The highest BCUT2D eigenvalue weighted by Crippen LogP contribution is 2.32. The predicted molar refractivity (Wildman–Crippen MR) is 84.8 cm³/mol. The van der Waals surface area contributed by atoms with E-state index in [2.05, 4.69) is 11.1 Å². The summed E-state index contributed by atoms with van der Waals surface area (Å²) in [5.41, 5.74) is 4.49. The van der Waals surface area contributed by atoms with E-state index in [1.165, 1.54) is 0 Å². The summed E-state index contributed by atoms with van der Waals surface area (Å²) < 4.78 is 0. The number of aromatic nitrogens is 1. The Balaban J connectivity index is 2.17. The van der Waals surface area contributed by atoms with Gasteiger partial charge in [-0.1, -0.05) is 54.1 Å². The number of hydrogen-bond acceptors (Lipinski definition) is 2. The van der Waals surface area contributed by atoms with Crippen molar-refractivity contribution in [2.45, 2.75) is 0 Å². The van der Waals surface area contributed by atoms with Crippen molar-refractivity contribution in [1.82, 2.24) is 4.98 Å². The molecule has 0 saturated carbocycles. The summed E-state index contributed by atoms with van der Waals surface area (Å²) >= 11 is 6.10. The molecule has 0 aliphatic carbocycles. The second kappa shape index (κ2) is 5.78. The zero-order valence-corrected chi connectivity index (χ0v) is 11.9. The maximum absolute atomic E-state index is 8.89. The fraction of sp³-hybridized carbons (Fsp3) is 0. The molecule has 0 bridgehead atoms. The molecular weight excluding hydrogens is 280 g/mol. The van der Waals surface area contributed by atoms with Crippen LogP contribution in [0, 0.1) is 11.3 Å². The summed E-state index contributed by atoms with van der Waals surface area (Å²) in [4.78, 5) is 4.47. The van der Waals surface area contributed by atoms with Crippen LogP contribution in [0.1, 0.15) is 5.56 Å². The van der Waals surface area contributed by atoms with Crippen LogP contribution in [0.15, 0.2) is 66.9 Å². The zero-order valence-electron chi connectivity index (χ0n) is 11.1. The number of benzene rings is 2. The quantitative estimate of drug-likeness (QED) is 0.670. The molecule has 100 valence electrons. The van der Waals surface area contributed by atoms with Gasteiger partial charge in [-0.2, -0.15) is 5.26 Å². The Morgan fingerprint density at radius 2 is 1.62 bits per heavy atom. The highest BCUT2D eigenvalue weighted by Gasteiger charge is 2.09. The van der Waals surface area contributed by atoms with E-state index in [1.807, 2.05) is 48.5 Å². The van der Waals surface area contributed by atoms with Gasteiger partial charge < -0.3 is 0 Å². The van der Waals surface area contributed by atoms with Gasteiger partial charge in [0.2, 0.25) is 0 Å². The molecule has 0 N–H and O–H groups in total. The van der Waals surface area contributed by atoms with Crippen molar-refractivity contribution in [3.05, 3.63) is 77.4 Å². The van der Waals surface area contributed by atoms with Crippen molar-refractivity contribution >= 4 is 11.6 Å². The van der Waals surface area contributed by atoms with Gasteiger partial charge in [0.1, 0.15) is 0 Å². The lowest BCUT2D eigenvalue weighted by Gasteiger charge is -2.10. The van der Waals surface area contributed by atoms with E-state index in [9.17, 15) is 0 Å². The van der Waals surface area contributed by atoms with E-state index in [4.69, 9.17) is 16.9 Å². The Morgan fingerprint density at radius 3 is 2.29 bits per heavy atom. The molecule has 1 heterocycles. The first-order chi connectivity index (χ1) is 10.3.